The Morgan fingerprint density at radius 3 is 2.71 bits per heavy atom. The molecule has 1 aliphatic heterocycles. The molecule has 0 spiro atoms. The molecule has 0 bridgehead atoms. The summed E-state index contributed by atoms with van der Waals surface area (Å²) in [5, 5.41) is 13.4. The Balaban J connectivity index is 2.27. The maximum absolute atomic E-state index is 13.0. The fraction of sp³-hybridized carbons (Fsp3) is 0.538. The highest BCUT2D eigenvalue weighted by Crippen LogP contribution is 2.37. The number of non-ortho nitro benzene ring substituents is 1. The van der Waals surface area contributed by atoms with E-state index < -0.39 is 22.4 Å². The van der Waals surface area contributed by atoms with Crippen LogP contribution in [0.5, 0.6) is 0 Å². The Morgan fingerprint density at radius 1 is 1.48 bits per heavy atom. The number of anilines is 1. The van der Waals surface area contributed by atoms with E-state index >= 15 is 0 Å². The quantitative estimate of drug-likeness (QED) is 0.683. The van der Waals surface area contributed by atoms with Gasteiger partial charge in [-0.15, -0.1) is 0 Å². The lowest BCUT2D eigenvalue weighted by Crippen LogP contribution is -2.27. The molecule has 0 aliphatic carbocycles. The number of rotatable bonds is 4. The van der Waals surface area contributed by atoms with Crippen LogP contribution in [0.2, 0.25) is 0 Å². The second-order valence-corrected chi connectivity index (χ2v) is 5.04. The molecule has 2 unspecified atom stereocenters. The van der Waals surface area contributed by atoms with Gasteiger partial charge in [0.25, 0.3) is 5.69 Å². The topological polar surface area (TPSA) is 64.4 Å². The first-order chi connectivity index (χ1) is 9.79. The van der Waals surface area contributed by atoms with Crippen molar-refractivity contribution in [3.8, 4) is 0 Å². The second kappa shape index (κ2) is 5.88. The molecule has 0 radical (unpaired) electrons. The van der Waals surface area contributed by atoms with Crippen LogP contribution in [-0.4, -0.2) is 24.2 Å². The predicted octanol–water partition coefficient (Wildman–Crippen LogP) is 3.45. The van der Waals surface area contributed by atoms with Crippen molar-refractivity contribution in [2.45, 2.75) is 25.6 Å². The molecule has 5 nitrogen and oxygen atoms in total. The van der Waals surface area contributed by atoms with E-state index in [-0.39, 0.29) is 17.6 Å². The monoisotopic (exact) mass is 304 g/mol. The summed E-state index contributed by atoms with van der Waals surface area (Å²) in [6.07, 6.45) is -3.87. The Bertz CT molecular complexity index is 528. The Hall–Kier alpha value is -1.83. The number of hydrogen-bond donors (Lipinski definition) is 1. The van der Waals surface area contributed by atoms with Gasteiger partial charge in [0.2, 0.25) is 0 Å². The van der Waals surface area contributed by atoms with E-state index in [0.29, 0.717) is 19.3 Å². The van der Waals surface area contributed by atoms with Gasteiger partial charge in [0.15, 0.2) is 0 Å². The molecule has 1 saturated heterocycles. The molecule has 0 aromatic heterocycles. The van der Waals surface area contributed by atoms with E-state index in [0.717, 1.165) is 18.6 Å². The normalized spacial score (nSPS) is 20.3. The van der Waals surface area contributed by atoms with Crippen LogP contribution in [0.4, 0.5) is 24.5 Å². The molecule has 1 heterocycles. The van der Waals surface area contributed by atoms with Crippen molar-refractivity contribution in [3.63, 3.8) is 0 Å². The largest absolute Gasteiger partial charge is 0.418 e. The summed E-state index contributed by atoms with van der Waals surface area (Å²) in [5.74, 6) is 0.126. The average molecular weight is 304 g/mol. The average Bonchev–Trinajstić information content (AvgIpc) is 2.91. The summed E-state index contributed by atoms with van der Waals surface area (Å²) in [5.41, 5.74) is -1.75. The van der Waals surface area contributed by atoms with Crippen LogP contribution in [0.1, 0.15) is 18.9 Å². The van der Waals surface area contributed by atoms with Gasteiger partial charge in [-0.2, -0.15) is 13.2 Å². The molecule has 0 amide bonds. The molecule has 1 aromatic rings. The smallest absolute Gasteiger partial charge is 0.382 e. The summed E-state index contributed by atoms with van der Waals surface area (Å²) in [4.78, 5) is 9.78. The summed E-state index contributed by atoms with van der Waals surface area (Å²) in [6.45, 7) is 2.88. The zero-order valence-corrected chi connectivity index (χ0v) is 11.3. The van der Waals surface area contributed by atoms with Crippen molar-refractivity contribution >= 4 is 11.4 Å². The first-order valence-corrected chi connectivity index (χ1v) is 6.49. The third-order valence-corrected chi connectivity index (χ3v) is 3.57. The Morgan fingerprint density at radius 2 is 2.19 bits per heavy atom. The van der Waals surface area contributed by atoms with E-state index in [4.69, 9.17) is 4.74 Å². The maximum atomic E-state index is 13.0. The van der Waals surface area contributed by atoms with Gasteiger partial charge in [-0.3, -0.25) is 10.1 Å². The number of halogens is 3. The van der Waals surface area contributed by atoms with Crippen LogP contribution >= 0.6 is 0 Å². The summed E-state index contributed by atoms with van der Waals surface area (Å²) in [7, 11) is 0. The summed E-state index contributed by atoms with van der Waals surface area (Å²) < 4.78 is 44.3. The lowest BCUT2D eigenvalue weighted by atomic mass is 10.00. The van der Waals surface area contributed by atoms with Gasteiger partial charge in [0.05, 0.1) is 17.1 Å². The molecule has 1 N–H and O–H groups in total. The van der Waals surface area contributed by atoms with Crippen molar-refractivity contribution < 1.29 is 22.8 Å². The molecule has 2 atom stereocenters. The van der Waals surface area contributed by atoms with Gasteiger partial charge in [-0.25, -0.2) is 0 Å². The number of hydrogen-bond acceptors (Lipinski definition) is 4. The Labute approximate surface area is 119 Å². The molecule has 21 heavy (non-hydrogen) atoms. The standard InChI is InChI=1S/C13H15F3N2O3/c1-8(9-4-5-21-7-9)17-12-3-2-10(18(19)20)6-11(12)13(14,15)16/h2-3,6,8-9,17H,4-5,7H2,1H3. The van der Waals surface area contributed by atoms with Gasteiger partial charge >= 0.3 is 6.18 Å². The minimum atomic E-state index is -4.65. The molecule has 1 aromatic carbocycles. The van der Waals surface area contributed by atoms with E-state index in [1.54, 1.807) is 6.92 Å². The fourth-order valence-electron chi connectivity index (χ4n) is 2.32. The molecule has 1 aliphatic rings. The molecule has 1 fully saturated rings. The summed E-state index contributed by atoms with van der Waals surface area (Å²) >= 11 is 0. The number of nitro groups is 1. The van der Waals surface area contributed by atoms with Crippen molar-refractivity contribution in [1.82, 2.24) is 0 Å². The van der Waals surface area contributed by atoms with Crippen molar-refractivity contribution in [1.29, 1.82) is 0 Å². The van der Waals surface area contributed by atoms with E-state index in [2.05, 4.69) is 5.32 Å². The zero-order chi connectivity index (χ0) is 15.6. The van der Waals surface area contributed by atoms with Gasteiger partial charge in [0, 0.05) is 36.4 Å². The number of nitrogens with one attached hydrogen (secondary N) is 1. The van der Waals surface area contributed by atoms with Crippen molar-refractivity contribution in [2.75, 3.05) is 18.5 Å². The van der Waals surface area contributed by atoms with Crippen LogP contribution in [0.3, 0.4) is 0 Å². The van der Waals surface area contributed by atoms with Gasteiger partial charge in [-0.1, -0.05) is 0 Å². The summed E-state index contributed by atoms with van der Waals surface area (Å²) in [6, 6.07) is 2.51. The highest BCUT2D eigenvalue weighted by molar-refractivity contribution is 5.57. The van der Waals surface area contributed by atoms with Crippen molar-refractivity contribution in [2.24, 2.45) is 5.92 Å². The highest BCUT2D eigenvalue weighted by Gasteiger charge is 2.36. The second-order valence-electron chi connectivity index (χ2n) is 5.04. The van der Waals surface area contributed by atoms with Crippen molar-refractivity contribution in [3.05, 3.63) is 33.9 Å². The minimum Gasteiger partial charge on any atom is -0.382 e. The SMILES string of the molecule is CC(Nc1ccc([N+](=O)[O-])cc1C(F)(F)F)C1CCOC1. The van der Waals surface area contributed by atoms with Gasteiger partial charge in [0.1, 0.15) is 0 Å². The predicted molar refractivity (Wildman–Crippen MR) is 70.1 cm³/mol. The number of nitrogens with zero attached hydrogens (tertiary/aromatic N) is 1. The van der Waals surface area contributed by atoms with Crippen LogP contribution in [0, 0.1) is 16.0 Å². The molecule has 116 valence electrons. The molecular weight excluding hydrogens is 289 g/mol. The fourth-order valence-corrected chi connectivity index (χ4v) is 2.32. The lowest BCUT2D eigenvalue weighted by Gasteiger charge is -2.23. The first-order valence-electron chi connectivity index (χ1n) is 6.49. The van der Waals surface area contributed by atoms with Gasteiger partial charge in [-0.05, 0) is 19.4 Å². The number of ether oxygens (including phenoxy) is 1. The third kappa shape index (κ3) is 3.63. The lowest BCUT2D eigenvalue weighted by molar-refractivity contribution is -0.385. The first kappa shape index (κ1) is 15.6. The molecule has 0 saturated carbocycles. The van der Waals surface area contributed by atoms with Gasteiger partial charge < -0.3 is 10.1 Å². The molecule has 8 heteroatoms. The Kier molecular flexibility index (Phi) is 4.36. The van der Waals surface area contributed by atoms with E-state index in [1.807, 2.05) is 0 Å². The number of nitro benzene ring substituents is 1. The van der Waals surface area contributed by atoms with Crippen LogP contribution < -0.4 is 5.32 Å². The minimum absolute atomic E-state index is 0.126. The highest BCUT2D eigenvalue weighted by atomic mass is 19.4. The van der Waals surface area contributed by atoms with Crippen LogP contribution in [0.15, 0.2) is 18.2 Å². The molecular formula is C13H15F3N2O3. The number of alkyl halides is 3. The van der Waals surface area contributed by atoms with E-state index in [1.165, 1.54) is 0 Å². The molecule has 2 rings (SSSR count). The zero-order valence-electron chi connectivity index (χ0n) is 11.3. The number of benzene rings is 1. The maximum Gasteiger partial charge on any atom is 0.418 e. The van der Waals surface area contributed by atoms with Crippen LogP contribution in [0.25, 0.3) is 0 Å². The van der Waals surface area contributed by atoms with E-state index in [9.17, 15) is 23.3 Å². The van der Waals surface area contributed by atoms with Crippen LogP contribution in [-0.2, 0) is 10.9 Å². The third-order valence-electron chi connectivity index (χ3n) is 3.57.